The van der Waals surface area contributed by atoms with Crippen molar-refractivity contribution in [2.75, 3.05) is 7.05 Å². The van der Waals surface area contributed by atoms with Crippen molar-refractivity contribution in [3.8, 4) is 0 Å². The number of aromatic nitrogens is 3. The molecule has 1 aliphatic carbocycles. The van der Waals surface area contributed by atoms with E-state index in [0.29, 0.717) is 32.1 Å². The minimum absolute atomic E-state index is 0.104. The van der Waals surface area contributed by atoms with Crippen LogP contribution in [-0.2, 0) is 27.7 Å². The summed E-state index contributed by atoms with van der Waals surface area (Å²) in [5.41, 5.74) is 4.27. The standard InChI is InChI=1S/C25H32N4O4S/c1-5-21-27-22-16(2)20(17(3)26-23(22)28-21)15-18-9-11-19(12-10-18)34(32,33)29(4)25(24(30)31)13-7-6-8-14-25/h9-12H,5-8,13-15H2,1-4H3,(H,30,31)(H,26,27,28). The molecule has 3 aromatic rings. The first-order valence-electron chi connectivity index (χ1n) is 11.8. The summed E-state index contributed by atoms with van der Waals surface area (Å²) < 4.78 is 27.7. The van der Waals surface area contributed by atoms with E-state index in [2.05, 4.69) is 15.0 Å². The molecule has 182 valence electrons. The molecule has 0 saturated heterocycles. The van der Waals surface area contributed by atoms with Gasteiger partial charge in [-0.15, -0.1) is 0 Å². The number of pyridine rings is 1. The summed E-state index contributed by atoms with van der Waals surface area (Å²) in [5.74, 6) is -0.175. The molecular formula is C25H32N4O4S. The number of likely N-dealkylation sites (N-methyl/N-ethyl adjacent to an activating group) is 1. The lowest BCUT2D eigenvalue weighted by Crippen LogP contribution is -2.56. The minimum Gasteiger partial charge on any atom is -0.480 e. The molecule has 8 nitrogen and oxygen atoms in total. The van der Waals surface area contributed by atoms with Crippen molar-refractivity contribution < 1.29 is 18.3 Å². The number of rotatable bonds is 7. The number of H-pyrrole nitrogens is 1. The third-order valence-electron chi connectivity index (χ3n) is 7.24. The number of fused-ring (bicyclic) bond motifs is 1. The number of aryl methyl sites for hydroxylation is 3. The van der Waals surface area contributed by atoms with Gasteiger partial charge >= 0.3 is 5.97 Å². The first kappa shape index (κ1) is 24.3. The number of sulfonamides is 1. The summed E-state index contributed by atoms with van der Waals surface area (Å²) in [6.45, 7) is 6.05. The Morgan fingerprint density at radius 2 is 1.76 bits per heavy atom. The molecule has 9 heteroatoms. The molecule has 2 aromatic heterocycles. The topological polar surface area (TPSA) is 116 Å². The Kier molecular flexibility index (Phi) is 6.52. The average Bonchev–Trinajstić information content (AvgIpc) is 3.25. The Hall–Kier alpha value is -2.78. The van der Waals surface area contributed by atoms with Crippen LogP contribution in [0.15, 0.2) is 29.2 Å². The Labute approximate surface area is 200 Å². The highest BCUT2D eigenvalue weighted by Crippen LogP contribution is 2.36. The molecule has 1 fully saturated rings. The summed E-state index contributed by atoms with van der Waals surface area (Å²) in [4.78, 5) is 24.8. The molecule has 0 spiro atoms. The highest BCUT2D eigenvalue weighted by molar-refractivity contribution is 7.89. The van der Waals surface area contributed by atoms with Gasteiger partial charge in [0.05, 0.1) is 4.90 Å². The van der Waals surface area contributed by atoms with Gasteiger partial charge in [0, 0.05) is 19.2 Å². The Morgan fingerprint density at radius 3 is 2.35 bits per heavy atom. The van der Waals surface area contributed by atoms with Crippen LogP contribution >= 0.6 is 0 Å². The maximum absolute atomic E-state index is 13.3. The first-order chi connectivity index (χ1) is 16.1. The van der Waals surface area contributed by atoms with Crippen LogP contribution in [0.4, 0.5) is 0 Å². The second kappa shape index (κ2) is 9.11. The smallest absolute Gasteiger partial charge is 0.325 e. The third kappa shape index (κ3) is 4.11. The van der Waals surface area contributed by atoms with Gasteiger partial charge in [-0.3, -0.25) is 4.79 Å². The predicted octanol–water partition coefficient (Wildman–Crippen LogP) is 4.14. The van der Waals surface area contributed by atoms with Gasteiger partial charge in [0.15, 0.2) is 5.65 Å². The lowest BCUT2D eigenvalue weighted by atomic mass is 9.82. The maximum Gasteiger partial charge on any atom is 0.325 e. The van der Waals surface area contributed by atoms with E-state index >= 15 is 0 Å². The molecule has 0 atom stereocenters. The van der Waals surface area contributed by atoms with Gasteiger partial charge in [0.1, 0.15) is 16.9 Å². The van der Waals surface area contributed by atoms with E-state index in [1.165, 1.54) is 7.05 Å². The molecule has 1 aliphatic rings. The van der Waals surface area contributed by atoms with Crippen molar-refractivity contribution in [2.45, 2.75) is 76.2 Å². The summed E-state index contributed by atoms with van der Waals surface area (Å²) in [5, 5.41) is 9.90. The first-order valence-corrected chi connectivity index (χ1v) is 13.2. The highest BCUT2D eigenvalue weighted by Gasteiger charge is 2.48. The second-order valence-corrected chi connectivity index (χ2v) is 11.2. The molecule has 0 bridgehead atoms. The molecule has 0 radical (unpaired) electrons. The van der Waals surface area contributed by atoms with Crippen LogP contribution in [0.25, 0.3) is 11.2 Å². The number of hydrogen-bond acceptors (Lipinski definition) is 5. The summed E-state index contributed by atoms with van der Waals surface area (Å²) >= 11 is 0. The Bertz CT molecular complexity index is 1320. The number of carboxylic acid groups (broad SMARTS) is 1. The van der Waals surface area contributed by atoms with Gasteiger partial charge in [-0.05, 0) is 61.9 Å². The van der Waals surface area contributed by atoms with Crippen molar-refractivity contribution in [1.82, 2.24) is 19.3 Å². The molecule has 4 rings (SSSR count). The van der Waals surface area contributed by atoms with E-state index in [0.717, 1.165) is 56.5 Å². The molecule has 0 amide bonds. The minimum atomic E-state index is -3.95. The van der Waals surface area contributed by atoms with E-state index in [1.54, 1.807) is 24.3 Å². The number of benzene rings is 1. The molecular weight excluding hydrogens is 452 g/mol. The molecule has 1 saturated carbocycles. The maximum atomic E-state index is 13.3. The van der Waals surface area contributed by atoms with Crippen LogP contribution in [0, 0.1) is 13.8 Å². The van der Waals surface area contributed by atoms with Crippen molar-refractivity contribution >= 4 is 27.2 Å². The fourth-order valence-corrected chi connectivity index (χ4v) is 6.52. The van der Waals surface area contributed by atoms with Crippen LogP contribution in [-0.4, -0.2) is 51.3 Å². The van der Waals surface area contributed by atoms with E-state index in [9.17, 15) is 18.3 Å². The van der Waals surface area contributed by atoms with E-state index in [1.807, 2.05) is 20.8 Å². The molecule has 2 heterocycles. The monoisotopic (exact) mass is 484 g/mol. The second-order valence-electron chi connectivity index (χ2n) is 9.23. The summed E-state index contributed by atoms with van der Waals surface area (Å²) in [7, 11) is -2.56. The number of nitrogens with one attached hydrogen (secondary N) is 1. The average molecular weight is 485 g/mol. The van der Waals surface area contributed by atoms with Gasteiger partial charge in [-0.25, -0.2) is 18.4 Å². The van der Waals surface area contributed by atoms with Crippen LogP contribution in [0.1, 0.15) is 67.2 Å². The van der Waals surface area contributed by atoms with E-state index in [-0.39, 0.29) is 4.90 Å². The number of aliphatic carboxylic acids is 1. The molecule has 2 N–H and O–H groups in total. The van der Waals surface area contributed by atoms with Crippen molar-refractivity contribution in [3.05, 3.63) is 52.5 Å². The number of imidazole rings is 1. The van der Waals surface area contributed by atoms with Crippen molar-refractivity contribution in [3.63, 3.8) is 0 Å². The van der Waals surface area contributed by atoms with Crippen molar-refractivity contribution in [1.29, 1.82) is 0 Å². The number of hydrogen-bond donors (Lipinski definition) is 2. The fraction of sp³-hybridized carbons (Fsp3) is 0.480. The van der Waals surface area contributed by atoms with Gasteiger partial charge in [-0.1, -0.05) is 38.3 Å². The SMILES string of the molecule is CCc1nc2c(C)c(Cc3ccc(S(=O)(=O)N(C)C4(C(=O)O)CCCCC4)cc3)c(C)nc2[nH]1. The predicted molar refractivity (Wildman–Crippen MR) is 130 cm³/mol. The largest absolute Gasteiger partial charge is 0.480 e. The quantitative estimate of drug-likeness (QED) is 0.521. The molecule has 0 unspecified atom stereocenters. The number of carboxylic acids is 1. The normalized spacial score (nSPS) is 16.3. The summed E-state index contributed by atoms with van der Waals surface area (Å²) in [6, 6.07) is 6.72. The number of carbonyl (C=O) groups is 1. The highest BCUT2D eigenvalue weighted by atomic mass is 32.2. The fourth-order valence-electron chi connectivity index (χ4n) is 5.00. The van der Waals surface area contributed by atoms with Crippen LogP contribution in [0.2, 0.25) is 0 Å². The number of aromatic amines is 1. The lowest BCUT2D eigenvalue weighted by molar-refractivity contribution is -0.149. The van der Waals surface area contributed by atoms with E-state index < -0.39 is 21.5 Å². The zero-order valence-corrected chi connectivity index (χ0v) is 21.0. The van der Waals surface area contributed by atoms with Gasteiger partial charge in [-0.2, -0.15) is 4.31 Å². The van der Waals surface area contributed by atoms with Gasteiger partial charge < -0.3 is 10.1 Å². The zero-order chi connectivity index (χ0) is 24.7. The third-order valence-corrected chi connectivity index (χ3v) is 9.18. The Balaban J connectivity index is 1.61. The van der Waals surface area contributed by atoms with E-state index in [4.69, 9.17) is 0 Å². The summed E-state index contributed by atoms with van der Waals surface area (Å²) in [6.07, 6.45) is 4.40. The zero-order valence-electron chi connectivity index (χ0n) is 20.2. The Morgan fingerprint density at radius 1 is 1.12 bits per heavy atom. The van der Waals surface area contributed by atoms with Crippen molar-refractivity contribution in [2.24, 2.45) is 0 Å². The van der Waals surface area contributed by atoms with Crippen LogP contribution in [0.5, 0.6) is 0 Å². The van der Waals surface area contributed by atoms with Crippen LogP contribution in [0.3, 0.4) is 0 Å². The molecule has 34 heavy (non-hydrogen) atoms. The lowest BCUT2D eigenvalue weighted by Gasteiger charge is -2.40. The van der Waals surface area contributed by atoms with Gasteiger partial charge in [0.25, 0.3) is 0 Å². The number of nitrogens with zero attached hydrogens (tertiary/aromatic N) is 3. The van der Waals surface area contributed by atoms with Gasteiger partial charge in [0.2, 0.25) is 10.0 Å². The van der Waals surface area contributed by atoms with Crippen LogP contribution < -0.4 is 0 Å². The molecule has 1 aromatic carbocycles. The molecule has 0 aliphatic heterocycles.